The highest BCUT2D eigenvalue weighted by Gasteiger charge is 2.09. The van der Waals surface area contributed by atoms with Crippen molar-refractivity contribution < 1.29 is 0 Å². The number of H-pyrrole nitrogens is 1. The molecular formula is C15H16N4. The SMILES string of the molecule is CNCC#Cc1ccc(C(=N)c2ccc[nH]2)c(N)c1. The Morgan fingerprint density at radius 1 is 1.42 bits per heavy atom. The predicted molar refractivity (Wildman–Crippen MR) is 78.4 cm³/mol. The molecule has 0 aliphatic carbocycles. The van der Waals surface area contributed by atoms with Gasteiger partial charge in [0.05, 0.1) is 18.0 Å². The Kier molecular flexibility index (Phi) is 4.01. The molecule has 0 atom stereocenters. The highest BCUT2D eigenvalue weighted by Crippen LogP contribution is 2.17. The third kappa shape index (κ3) is 3.03. The van der Waals surface area contributed by atoms with Crippen LogP contribution in [0.1, 0.15) is 16.8 Å². The number of benzene rings is 1. The van der Waals surface area contributed by atoms with Crippen LogP contribution in [0.3, 0.4) is 0 Å². The van der Waals surface area contributed by atoms with Gasteiger partial charge in [0.1, 0.15) is 0 Å². The van der Waals surface area contributed by atoms with E-state index in [9.17, 15) is 0 Å². The normalized spacial score (nSPS) is 9.74. The van der Waals surface area contributed by atoms with Gasteiger partial charge in [-0.1, -0.05) is 11.8 Å². The molecule has 4 heteroatoms. The Hall–Kier alpha value is -2.51. The average molecular weight is 252 g/mol. The molecule has 0 spiro atoms. The molecule has 1 aromatic heterocycles. The molecule has 0 aliphatic heterocycles. The highest BCUT2D eigenvalue weighted by molar-refractivity contribution is 6.12. The monoisotopic (exact) mass is 252 g/mol. The van der Waals surface area contributed by atoms with Crippen LogP contribution in [-0.2, 0) is 0 Å². The number of nitrogens with two attached hydrogens (primary N) is 1. The van der Waals surface area contributed by atoms with Crippen molar-refractivity contribution in [3.63, 3.8) is 0 Å². The molecule has 0 saturated heterocycles. The van der Waals surface area contributed by atoms with Gasteiger partial charge in [0.25, 0.3) is 0 Å². The molecule has 0 radical (unpaired) electrons. The van der Waals surface area contributed by atoms with E-state index < -0.39 is 0 Å². The Balaban J connectivity index is 2.25. The zero-order chi connectivity index (χ0) is 13.7. The molecule has 0 fully saturated rings. The maximum atomic E-state index is 8.11. The van der Waals surface area contributed by atoms with Crippen molar-refractivity contribution in [2.75, 3.05) is 19.3 Å². The zero-order valence-electron chi connectivity index (χ0n) is 10.7. The smallest absolute Gasteiger partial charge is 0.0867 e. The summed E-state index contributed by atoms with van der Waals surface area (Å²) >= 11 is 0. The molecular weight excluding hydrogens is 236 g/mol. The first-order valence-corrected chi connectivity index (χ1v) is 5.98. The van der Waals surface area contributed by atoms with Crippen LogP contribution in [0.5, 0.6) is 0 Å². The van der Waals surface area contributed by atoms with Gasteiger partial charge >= 0.3 is 0 Å². The van der Waals surface area contributed by atoms with Crippen LogP contribution in [0.25, 0.3) is 0 Å². The van der Waals surface area contributed by atoms with E-state index in [1.54, 1.807) is 12.3 Å². The van der Waals surface area contributed by atoms with Crippen LogP contribution in [0.4, 0.5) is 5.69 Å². The van der Waals surface area contributed by atoms with E-state index in [0.29, 0.717) is 23.5 Å². The fraction of sp³-hybridized carbons (Fsp3) is 0.133. The van der Waals surface area contributed by atoms with Crippen LogP contribution in [-0.4, -0.2) is 24.3 Å². The van der Waals surface area contributed by atoms with Crippen molar-refractivity contribution >= 4 is 11.4 Å². The number of nitrogen functional groups attached to an aromatic ring is 1. The number of hydrogen-bond acceptors (Lipinski definition) is 3. The second-order valence-electron chi connectivity index (χ2n) is 4.09. The molecule has 4 nitrogen and oxygen atoms in total. The molecule has 2 aromatic rings. The number of rotatable bonds is 3. The van der Waals surface area contributed by atoms with Gasteiger partial charge in [0, 0.05) is 23.0 Å². The minimum Gasteiger partial charge on any atom is -0.398 e. The lowest BCUT2D eigenvalue weighted by Gasteiger charge is -2.06. The van der Waals surface area contributed by atoms with E-state index in [2.05, 4.69) is 22.1 Å². The predicted octanol–water partition coefficient (Wildman–Crippen LogP) is 1.58. The van der Waals surface area contributed by atoms with Gasteiger partial charge in [-0.3, -0.25) is 5.41 Å². The van der Waals surface area contributed by atoms with E-state index in [-0.39, 0.29) is 0 Å². The van der Waals surface area contributed by atoms with Crippen molar-refractivity contribution in [1.82, 2.24) is 10.3 Å². The molecule has 1 heterocycles. The fourth-order valence-corrected chi connectivity index (χ4v) is 1.73. The second-order valence-corrected chi connectivity index (χ2v) is 4.09. The van der Waals surface area contributed by atoms with Gasteiger partial charge in [-0.25, -0.2) is 0 Å². The van der Waals surface area contributed by atoms with Gasteiger partial charge < -0.3 is 16.0 Å². The largest absolute Gasteiger partial charge is 0.398 e. The lowest BCUT2D eigenvalue weighted by atomic mass is 10.0. The van der Waals surface area contributed by atoms with E-state index in [0.717, 1.165) is 11.3 Å². The first-order valence-electron chi connectivity index (χ1n) is 5.98. The minimum absolute atomic E-state index is 0.386. The molecule has 96 valence electrons. The van der Waals surface area contributed by atoms with Crippen LogP contribution < -0.4 is 11.1 Å². The summed E-state index contributed by atoms with van der Waals surface area (Å²) in [7, 11) is 1.85. The van der Waals surface area contributed by atoms with E-state index in [1.165, 1.54) is 0 Å². The summed E-state index contributed by atoms with van der Waals surface area (Å²) in [6.07, 6.45) is 1.79. The summed E-state index contributed by atoms with van der Waals surface area (Å²) in [4.78, 5) is 3.00. The summed E-state index contributed by atoms with van der Waals surface area (Å²) in [6.45, 7) is 0.639. The van der Waals surface area contributed by atoms with Gasteiger partial charge in [0.15, 0.2) is 0 Å². The quantitative estimate of drug-likeness (QED) is 0.380. The molecule has 1 aromatic carbocycles. The Morgan fingerprint density at radius 3 is 2.89 bits per heavy atom. The molecule has 0 unspecified atom stereocenters. The van der Waals surface area contributed by atoms with Gasteiger partial charge in [-0.15, -0.1) is 0 Å². The number of anilines is 1. The number of hydrogen-bond donors (Lipinski definition) is 4. The van der Waals surface area contributed by atoms with Crippen LogP contribution in [0.2, 0.25) is 0 Å². The summed E-state index contributed by atoms with van der Waals surface area (Å²) < 4.78 is 0. The minimum atomic E-state index is 0.386. The highest BCUT2D eigenvalue weighted by atomic mass is 14.8. The number of nitrogens with one attached hydrogen (secondary N) is 3. The fourth-order valence-electron chi connectivity index (χ4n) is 1.73. The van der Waals surface area contributed by atoms with Crippen molar-refractivity contribution in [1.29, 1.82) is 5.41 Å². The van der Waals surface area contributed by atoms with Crippen LogP contribution >= 0.6 is 0 Å². The lowest BCUT2D eigenvalue weighted by Crippen LogP contribution is -2.06. The van der Waals surface area contributed by atoms with Crippen LogP contribution in [0.15, 0.2) is 36.5 Å². The van der Waals surface area contributed by atoms with Crippen molar-refractivity contribution in [2.24, 2.45) is 0 Å². The van der Waals surface area contributed by atoms with E-state index >= 15 is 0 Å². The molecule has 0 aliphatic rings. The molecule has 5 N–H and O–H groups in total. The summed E-state index contributed by atoms with van der Waals surface area (Å²) in [6, 6.07) is 9.23. The average Bonchev–Trinajstić information content (AvgIpc) is 2.92. The van der Waals surface area contributed by atoms with Crippen molar-refractivity contribution in [3.05, 3.63) is 53.3 Å². The van der Waals surface area contributed by atoms with Gasteiger partial charge in [-0.2, -0.15) is 0 Å². The molecule has 0 bridgehead atoms. The second kappa shape index (κ2) is 5.89. The Morgan fingerprint density at radius 2 is 2.26 bits per heavy atom. The van der Waals surface area contributed by atoms with Crippen molar-refractivity contribution in [2.45, 2.75) is 0 Å². The lowest BCUT2D eigenvalue weighted by molar-refractivity contribution is 0.938. The molecule has 0 amide bonds. The van der Waals surface area contributed by atoms with Crippen molar-refractivity contribution in [3.8, 4) is 11.8 Å². The first-order chi connectivity index (χ1) is 9.22. The van der Waals surface area contributed by atoms with Gasteiger partial charge in [0.2, 0.25) is 0 Å². The Bertz CT molecular complexity index is 630. The van der Waals surface area contributed by atoms with E-state index in [4.69, 9.17) is 11.1 Å². The third-order valence-corrected chi connectivity index (χ3v) is 2.69. The molecule has 19 heavy (non-hydrogen) atoms. The molecule has 2 rings (SSSR count). The maximum Gasteiger partial charge on any atom is 0.0867 e. The standard InChI is InChI=1S/C15H16N4/c1-18-8-2-4-11-6-7-12(13(16)10-11)15(17)14-5-3-9-19-14/h3,5-7,9-10,17-19H,8,16H2,1H3. The van der Waals surface area contributed by atoms with E-state index in [1.807, 2.05) is 31.3 Å². The summed E-state index contributed by atoms with van der Waals surface area (Å²) in [5, 5.41) is 11.1. The summed E-state index contributed by atoms with van der Waals surface area (Å²) in [5.41, 5.74) is 9.26. The number of aromatic amines is 1. The van der Waals surface area contributed by atoms with Gasteiger partial charge in [-0.05, 0) is 37.4 Å². The topological polar surface area (TPSA) is 77.7 Å². The zero-order valence-corrected chi connectivity index (χ0v) is 10.7. The molecule has 0 saturated carbocycles. The Labute approximate surface area is 112 Å². The maximum absolute atomic E-state index is 8.11. The first kappa shape index (κ1) is 12.9. The summed E-state index contributed by atoms with van der Waals surface area (Å²) in [5.74, 6) is 5.99. The number of aromatic nitrogens is 1. The van der Waals surface area contributed by atoms with Crippen LogP contribution in [0, 0.1) is 17.3 Å². The third-order valence-electron chi connectivity index (χ3n) is 2.69.